The molecule has 1 aromatic rings. The van der Waals surface area contributed by atoms with Crippen LogP contribution in [0.15, 0.2) is 24.3 Å². The van der Waals surface area contributed by atoms with E-state index < -0.39 is 6.04 Å². The van der Waals surface area contributed by atoms with Crippen LogP contribution in [0, 0.1) is 0 Å². The fraction of sp³-hybridized carbons (Fsp3) is 0.417. The Balaban J connectivity index is 2.35. The first kappa shape index (κ1) is 13.5. The predicted octanol–water partition coefficient (Wildman–Crippen LogP) is -0.329. The van der Waals surface area contributed by atoms with Crippen LogP contribution in [0.25, 0.3) is 0 Å². The number of carbonyl (C=O) groups is 1. The van der Waals surface area contributed by atoms with E-state index >= 15 is 0 Å². The van der Waals surface area contributed by atoms with Gasteiger partial charge in [0, 0.05) is 12.1 Å². The van der Waals surface area contributed by atoms with Gasteiger partial charge in [0.2, 0.25) is 5.91 Å². The molecule has 5 N–H and O–H groups in total. The van der Waals surface area contributed by atoms with Crippen LogP contribution in [0.4, 0.5) is 5.69 Å². The highest BCUT2D eigenvalue weighted by Gasteiger charge is 2.09. The molecule has 0 unspecified atom stereocenters. The zero-order valence-electron chi connectivity index (χ0n) is 9.60. The Kier molecular flexibility index (Phi) is 5.45. The molecule has 0 radical (unpaired) electrons. The van der Waals surface area contributed by atoms with E-state index in [1.807, 2.05) is 12.1 Å². The molecule has 0 saturated heterocycles. The number of aryl methyl sites for hydroxylation is 1. The van der Waals surface area contributed by atoms with Crippen molar-refractivity contribution in [3.63, 3.8) is 0 Å². The molecule has 0 heterocycles. The molecule has 0 aliphatic heterocycles. The van der Waals surface area contributed by atoms with E-state index in [1.54, 1.807) is 12.1 Å². The summed E-state index contributed by atoms with van der Waals surface area (Å²) in [6.07, 6.45) is 0.927. The van der Waals surface area contributed by atoms with E-state index in [9.17, 15) is 4.79 Å². The molecule has 5 heteroatoms. The molecule has 0 fully saturated rings. The van der Waals surface area contributed by atoms with Gasteiger partial charge in [-0.3, -0.25) is 4.79 Å². The van der Waals surface area contributed by atoms with Crippen molar-refractivity contribution in [3.05, 3.63) is 29.8 Å². The molecule has 0 bridgehead atoms. The smallest absolute Gasteiger partial charge is 0.220 e. The highest BCUT2D eigenvalue weighted by atomic mass is 16.3. The molecule has 94 valence electrons. The third-order valence-corrected chi connectivity index (χ3v) is 2.43. The highest BCUT2D eigenvalue weighted by Crippen LogP contribution is 2.07. The molecule has 0 saturated carbocycles. The molecule has 0 aliphatic carbocycles. The standard InChI is InChI=1S/C12H18N2O3/c13-10-4-1-9(2-5-10)3-6-12(17)14-11(7-15)8-16/h1-2,4-5,11,15-16H,3,6-8,13H2,(H,14,17). The molecule has 1 amide bonds. The molecule has 0 spiro atoms. The molecule has 0 aliphatic rings. The Labute approximate surface area is 100 Å². The zero-order chi connectivity index (χ0) is 12.7. The van der Waals surface area contributed by atoms with E-state index in [2.05, 4.69) is 5.32 Å². The minimum atomic E-state index is -0.575. The second-order valence-corrected chi connectivity index (χ2v) is 3.87. The van der Waals surface area contributed by atoms with Gasteiger partial charge in [-0.1, -0.05) is 12.1 Å². The fourth-order valence-electron chi connectivity index (χ4n) is 1.39. The number of anilines is 1. The number of benzene rings is 1. The summed E-state index contributed by atoms with van der Waals surface area (Å²) < 4.78 is 0. The number of hydrogen-bond acceptors (Lipinski definition) is 4. The predicted molar refractivity (Wildman–Crippen MR) is 65.3 cm³/mol. The Bertz CT molecular complexity index is 347. The fourth-order valence-corrected chi connectivity index (χ4v) is 1.39. The van der Waals surface area contributed by atoms with Crippen molar-refractivity contribution in [2.75, 3.05) is 18.9 Å². The zero-order valence-corrected chi connectivity index (χ0v) is 9.60. The summed E-state index contributed by atoms with van der Waals surface area (Å²) in [5.74, 6) is -0.185. The molecule has 1 aromatic carbocycles. The number of aliphatic hydroxyl groups excluding tert-OH is 2. The van der Waals surface area contributed by atoms with Crippen LogP contribution in [-0.2, 0) is 11.2 Å². The average molecular weight is 238 g/mol. The summed E-state index contributed by atoms with van der Waals surface area (Å²) in [6.45, 7) is -0.520. The lowest BCUT2D eigenvalue weighted by atomic mass is 10.1. The number of carbonyl (C=O) groups excluding carboxylic acids is 1. The number of hydrogen-bond donors (Lipinski definition) is 4. The number of amides is 1. The van der Waals surface area contributed by atoms with Crippen molar-refractivity contribution in [1.29, 1.82) is 0 Å². The summed E-state index contributed by atoms with van der Waals surface area (Å²) in [5.41, 5.74) is 7.27. The minimum absolute atomic E-state index is 0.185. The van der Waals surface area contributed by atoms with Crippen molar-refractivity contribution >= 4 is 11.6 Å². The summed E-state index contributed by atoms with van der Waals surface area (Å²) in [6, 6.07) is 6.75. The normalized spacial score (nSPS) is 10.5. The third-order valence-electron chi connectivity index (χ3n) is 2.43. The topological polar surface area (TPSA) is 95.6 Å². The van der Waals surface area contributed by atoms with Crippen molar-refractivity contribution in [2.24, 2.45) is 0 Å². The van der Waals surface area contributed by atoms with Gasteiger partial charge in [0.15, 0.2) is 0 Å². The summed E-state index contributed by atoms with van der Waals surface area (Å²) in [5, 5.41) is 20.1. The minimum Gasteiger partial charge on any atom is -0.399 e. The van der Waals surface area contributed by atoms with Gasteiger partial charge < -0.3 is 21.3 Å². The van der Waals surface area contributed by atoms with Gasteiger partial charge in [-0.15, -0.1) is 0 Å². The van der Waals surface area contributed by atoms with Gasteiger partial charge in [-0.05, 0) is 24.1 Å². The Morgan fingerprint density at radius 1 is 1.24 bits per heavy atom. The molecular formula is C12H18N2O3. The third kappa shape index (κ3) is 4.84. The van der Waals surface area contributed by atoms with Crippen LogP contribution in [0.5, 0.6) is 0 Å². The van der Waals surface area contributed by atoms with E-state index in [0.29, 0.717) is 18.5 Å². The Morgan fingerprint density at radius 2 is 1.82 bits per heavy atom. The maximum atomic E-state index is 11.5. The average Bonchev–Trinajstić information content (AvgIpc) is 2.35. The van der Waals surface area contributed by atoms with Crippen LogP contribution >= 0.6 is 0 Å². The van der Waals surface area contributed by atoms with E-state index in [-0.39, 0.29) is 19.1 Å². The van der Waals surface area contributed by atoms with Gasteiger partial charge in [-0.25, -0.2) is 0 Å². The van der Waals surface area contributed by atoms with Crippen LogP contribution in [0.3, 0.4) is 0 Å². The number of nitrogens with two attached hydrogens (primary N) is 1. The first-order valence-electron chi connectivity index (χ1n) is 5.51. The number of nitrogen functional groups attached to an aromatic ring is 1. The number of nitrogens with one attached hydrogen (secondary N) is 1. The maximum absolute atomic E-state index is 11.5. The monoisotopic (exact) mass is 238 g/mol. The summed E-state index contributed by atoms with van der Waals surface area (Å²) in [4.78, 5) is 11.5. The first-order chi connectivity index (χ1) is 8.15. The second kappa shape index (κ2) is 6.88. The highest BCUT2D eigenvalue weighted by molar-refractivity contribution is 5.76. The lowest BCUT2D eigenvalue weighted by Gasteiger charge is -2.13. The van der Waals surface area contributed by atoms with Crippen LogP contribution in [0.1, 0.15) is 12.0 Å². The van der Waals surface area contributed by atoms with E-state index in [1.165, 1.54) is 0 Å². The van der Waals surface area contributed by atoms with Crippen LogP contribution in [-0.4, -0.2) is 35.4 Å². The quantitative estimate of drug-likeness (QED) is 0.510. The van der Waals surface area contributed by atoms with E-state index in [4.69, 9.17) is 15.9 Å². The lowest BCUT2D eigenvalue weighted by molar-refractivity contribution is -0.122. The SMILES string of the molecule is Nc1ccc(CCC(=O)NC(CO)CO)cc1. The molecular weight excluding hydrogens is 220 g/mol. The first-order valence-corrected chi connectivity index (χ1v) is 5.51. The largest absolute Gasteiger partial charge is 0.399 e. The summed E-state index contributed by atoms with van der Waals surface area (Å²) >= 11 is 0. The molecule has 17 heavy (non-hydrogen) atoms. The molecule has 5 nitrogen and oxygen atoms in total. The number of rotatable bonds is 6. The lowest BCUT2D eigenvalue weighted by Crippen LogP contribution is -2.40. The van der Waals surface area contributed by atoms with Gasteiger partial charge in [0.25, 0.3) is 0 Å². The van der Waals surface area contributed by atoms with Crippen molar-refractivity contribution in [1.82, 2.24) is 5.32 Å². The second-order valence-electron chi connectivity index (χ2n) is 3.87. The van der Waals surface area contributed by atoms with Gasteiger partial charge in [0.1, 0.15) is 0 Å². The number of aliphatic hydroxyl groups is 2. The van der Waals surface area contributed by atoms with E-state index in [0.717, 1.165) is 5.56 Å². The van der Waals surface area contributed by atoms with Gasteiger partial charge in [0.05, 0.1) is 19.3 Å². The maximum Gasteiger partial charge on any atom is 0.220 e. The van der Waals surface area contributed by atoms with Crippen LogP contribution < -0.4 is 11.1 Å². The molecule has 0 aromatic heterocycles. The van der Waals surface area contributed by atoms with Gasteiger partial charge in [-0.2, -0.15) is 0 Å². The Morgan fingerprint density at radius 3 is 2.35 bits per heavy atom. The van der Waals surface area contributed by atoms with Gasteiger partial charge >= 0.3 is 0 Å². The molecule has 1 rings (SSSR count). The van der Waals surface area contributed by atoms with Crippen molar-refractivity contribution in [2.45, 2.75) is 18.9 Å². The Hall–Kier alpha value is -1.59. The molecule has 0 atom stereocenters. The van der Waals surface area contributed by atoms with Crippen molar-refractivity contribution in [3.8, 4) is 0 Å². The van der Waals surface area contributed by atoms with Crippen molar-refractivity contribution < 1.29 is 15.0 Å². The van der Waals surface area contributed by atoms with Crippen LogP contribution in [0.2, 0.25) is 0 Å². The summed E-state index contributed by atoms with van der Waals surface area (Å²) in [7, 11) is 0.